The van der Waals surface area contributed by atoms with E-state index in [1.165, 1.54) is 5.56 Å². The highest BCUT2D eigenvalue weighted by Crippen LogP contribution is 2.32. The summed E-state index contributed by atoms with van der Waals surface area (Å²) in [6.07, 6.45) is 2.86. The lowest BCUT2D eigenvalue weighted by atomic mass is 10.1. The topological polar surface area (TPSA) is 37.4 Å². The van der Waals surface area contributed by atoms with Crippen molar-refractivity contribution in [2.24, 2.45) is 0 Å². The van der Waals surface area contributed by atoms with Crippen LogP contribution < -0.4 is 4.31 Å². The second-order valence-electron chi connectivity index (χ2n) is 5.48. The van der Waals surface area contributed by atoms with Crippen molar-refractivity contribution in [3.63, 3.8) is 0 Å². The molecule has 3 nitrogen and oxygen atoms in total. The van der Waals surface area contributed by atoms with Crippen LogP contribution in [-0.4, -0.2) is 16.0 Å². The van der Waals surface area contributed by atoms with Crippen LogP contribution in [0, 0.1) is 0 Å². The van der Waals surface area contributed by atoms with Gasteiger partial charge in [-0.05, 0) is 42.2 Å². The van der Waals surface area contributed by atoms with Crippen molar-refractivity contribution in [2.45, 2.75) is 31.1 Å². The number of benzene rings is 2. The first-order chi connectivity index (χ1) is 10.7. The van der Waals surface area contributed by atoms with Crippen molar-refractivity contribution < 1.29 is 9.00 Å². The Morgan fingerprint density at radius 2 is 1.86 bits per heavy atom. The van der Waals surface area contributed by atoms with E-state index in [0.717, 1.165) is 30.5 Å². The van der Waals surface area contributed by atoms with Crippen LogP contribution in [0.5, 0.6) is 0 Å². The number of hydrogen-bond acceptors (Lipinski definition) is 2. The molecule has 1 aliphatic heterocycles. The predicted molar refractivity (Wildman–Crippen MR) is 90.0 cm³/mol. The summed E-state index contributed by atoms with van der Waals surface area (Å²) in [6.45, 7) is 2.71. The molecule has 0 bridgehead atoms. The summed E-state index contributed by atoms with van der Waals surface area (Å²) in [5.74, 6) is 0. The molecule has 0 N–H and O–H groups in total. The third-order valence-electron chi connectivity index (χ3n) is 4.05. The summed E-state index contributed by atoms with van der Waals surface area (Å²) in [5.41, 5.74) is 3.21. The minimum atomic E-state index is -3.00. The molecule has 0 saturated carbocycles. The summed E-state index contributed by atoms with van der Waals surface area (Å²) >= 11 is 0. The van der Waals surface area contributed by atoms with Gasteiger partial charge in [-0.3, -0.25) is 4.31 Å². The largest absolute Gasteiger partial charge is 0.286 e. The van der Waals surface area contributed by atoms with Crippen LogP contribution in [-0.2, 0) is 27.3 Å². The van der Waals surface area contributed by atoms with E-state index >= 15 is 0 Å². The maximum absolute atomic E-state index is 13.3. The van der Waals surface area contributed by atoms with E-state index in [9.17, 15) is 9.00 Å². The molecular weight excluding hydrogens is 294 g/mol. The van der Waals surface area contributed by atoms with Crippen molar-refractivity contribution in [3.8, 4) is 0 Å². The third-order valence-corrected chi connectivity index (χ3v) is 6.19. The number of hydrogen-bond donors (Lipinski definition) is 0. The smallest absolute Gasteiger partial charge is 0.211 e. The molecule has 1 atom stereocenters. The summed E-state index contributed by atoms with van der Waals surface area (Å²) in [4.78, 5) is 12.1. The highest BCUT2D eigenvalue weighted by Gasteiger charge is 2.28. The molecule has 2 aromatic rings. The molecule has 0 aromatic heterocycles. The van der Waals surface area contributed by atoms with Gasteiger partial charge in [0.15, 0.2) is 9.71 Å². The van der Waals surface area contributed by atoms with Crippen LogP contribution in [0.3, 0.4) is 0 Å². The first-order valence-corrected chi connectivity index (χ1v) is 9.08. The normalized spacial score (nSPS) is 16.0. The average molecular weight is 313 g/mol. The van der Waals surface area contributed by atoms with E-state index in [-0.39, 0.29) is 0 Å². The van der Waals surface area contributed by atoms with E-state index in [4.69, 9.17) is 0 Å². The molecule has 0 fully saturated rings. The van der Waals surface area contributed by atoms with Crippen molar-refractivity contribution in [3.05, 3.63) is 59.7 Å². The fourth-order valence-corrected chi connectivity index (χ4v) is 4.67. The minimum absolute atomic E-state index is 0.541. The lowest BCUT2D eigenvalue weighted by Gasteiger charge is -2.22. The Labute approximate surface area is 131 Å². The number of carbonyl (C=O) groups excluding carboxylic acids is 1. The summed E-state index contributed by atoms with van der Waals surface area (Å²) in [7, 11) is -3.00. The minimum Gasteiger partial charge on any atom is -0.286 e. The number of aryl methyl sites for hydroxylation is 1. The van der Waals surface area contributed by atoms with Crippen molar-refractivity contribution >= 4 is 20.6 Å². The van der Waals surface area contributed by atoms with Crippen LogP contribution in [0.2, 0.25) is 0 Å². The first kappa shape index (κ1) is 14.9. The predicted octanol–water partition coefficient (Wildman–Crippen LogP) is 3.33. The molecule has 0 spiro atoms. The average Bonchev–Trinajstić information content (AvgIpc) is 3.00. The first-order valence-electron chi connectivity index (χ1n) is 7.56. The van der Waals surface area contributed by atoms with Crippen molar-refractivity contribution in [2.75, 3.05) is 10.8 Å². The van der Waals surface area contributed by atoms with Crippen molar-refractivity contribution in [1.29, 1.82) is 0 Å². The molecular formula is C18H19NO2S. The zero-order valence-corrected chi connectivity index (χ0v) is 13.4. The van der Waals surface area contributed by atoms with E-state index < -0.39 is 9.71 Å². The molecule has 22 heavy (non-hydrogen) atoms. The molecule has 1 aliphatic rings. The van der Waals surface area contributed by atoms with Gasteiger partial charge in [0, 0.05) is 6.54 Å². The Hall–Kier alpha value is -2.03. The highest BCUT2D eigenvalue weighted by atomic mass is 32.2. The van der Waals surface area contributed by atoms with Crippen LogP contribution in [0.25, 0.3) is 0 Å². The van der Waals surface area contributed by atoms with Gasteiger partial charge in [-0.15, -0.1) is 0 Å². The molecule has 0 radical (unpaired) electrons. The standard InChI is InChI=1S/C18H19NO2S/c1-2-5-15-8-10-17(11-9-15)22(21,14-20)19-13-12-16-6-3-4-7-18(16)19/h3-4,6-11H,2,5,12-13H2,1H3. The van der Waals surface area contributed by atoms with E-state index in [2.05, 4.69) is 6.92 Å². The maximum Gasteiger partial charge on any atom is 0.211 e. The van der Waals surface area contributed by atoms with E-state index in [1.54, 1.807) is 16.4 Å². The number of para-hydroxylation sites is 1. The van der Waals surface area contributed by atoms with Crippen molar-refractivity contribution in [1.82, 2.24) is 0 Å². The summed E-state index contributed by atoms with van der Waals surface area (Å²) in [6, 6.07) is 15.3. The zero-order valence-electron chi connectivity index (χ0n) is 12.6. The number of rotatable bonds is 4. The fraction of sp³-hybridized carbons (Fsp3) is 0.278. The van der Waals surface area contributed by atoms with Crippen LogP contribution in [0.1, 0.15) is 24.5 Å². The van der Waals surface area contributed by atoms with Crippen LogP contribution >= 0.6 is 0 Å². The second-order valence-corrected chi connectivity index (χ2v) is 7.61. The second kappa shape index (κ2) is 5.99. The lowest BCUT2D eigenvalue weighted by Crippen LogP contribution is -2.29. The molecule has 2 aromatic carbocycles. The number of anilines is 1. The van der Waals surface area contributed by atoms with Gasteiger partial charge in [0.2, 0.25) is 5.23 Å². The third kappa shape index (κ3) is 2.45. The molecule has 114 valence electrons. The molecule has 1 unspecified atom stereocenters. The van der Waals surface area contributed by atoms with E-state index in [0.29, 0.717) is 11.4 Å². The van der Waals surface area contributed by atoms with Gasteiger partial charge in [0.25, 0.3) is 0 Å². The summed E-state index contributed by atoms with van der Waals surface area (Å²) in [5, 5.41) is 1.83. The summed E-state index contributed by atoms with van der Waals surface area (Å²) < 4.78 is 15.0. The van der Waals surface area contributed by atoms with Gasteiger partial charge in [0.05, 0.1) is 10.6 Å². The Morgan fingerprint density at radius 1 is 1.14 bits per heavy atom. The maximum atomic E-state index is 13.3. The lowest BCUT2D eigenvalue weighted by molar-refractivity contribution is 0.569. The Bertz CT molecular complexity index is 813. The molecule has 0 aliphatic carbocycles. The Morgan fingerprint density at radius 3 is 2.55 bits per heavy atom. The molecule has 0 saturated heterocycles. The zero-order chi connectivity index (χ0) is 15.6. The van der Waals surface area contributed by atoms with Crippen LogP contribution in [0.4, 0.5) is 5.69 Å². The Kier molecular flexibility index (Phi) is 4.06. The van der Waals surface area contributed by atoms with E-state index in [1.807, 2.05) is 41.6 Å². The van der Waals surface area contributed by atoms with Crippen LogP contribution in [0.15, 0.2) is 53.4 Å². The number of fused-ring (bicyclic) bond motifs is 1. The van der Waals surface area contributed by atoms with Gasteiger partial charge in [-0.2, -0.15) is 0 Å². The molecule has 0 amide bonds. The highest BCUT2D eigenvalue weighted by molar-refractivity contribution is 8.02. The fourth-order valence-electron chi connectivity index (χ4n) is 2.92. The number of nitrogens with zero attached hydrogens (tertiary/aromatic N) is 1. The van der Waals surface area contributed by atoms with Gasteiger partial charge in [0.1, 0.15) is 0 Å². The quantitative estimate of drug-likeness (QED) is 0.812. The Balaban J connectivity index is 2.03. The molecule has 4 heteroatoms. The van der Waals surface area contributed by atoms with Gasteiger partial charge >= 0.3 is 0 Å². The SMILES string of the molecule is CCCc1ccc(S(=O)(=C=O)N2CCc3ccccc32)cc1. The monoisotopic (exact) mass is 313 g/mol. The molecule has 1 heterocycles. The van der Waals surface area contributed by atoms with Gasteiger partial charge in [-0.1, -0.05) is 43.7 Å². The van der Waals surface area contributed by atoms with Gasteiger partial charge < -0.3 is 0 Å². The molecule has 3 rings (SSSR count). The van der Waals surface area contributed by atoms with Gasteiger partial charge in [-0.25, -0.2) is 9.00 Å².